The van der Waals surface area contributed by atoms with Gasteiger partial charge in [-0.1, -0.05) is 0 Å². The molecule has 4 rings (SSSR count). The molecule has 1 aromatic carbocycles. The molecule has 0 spiro atoms. The maximum Gasteiger partial charge on any atom is 0.116 e. The van der Waals surface area contributed by atoms with Crippen LogP contribution >= 0.6 is 66.3 Å². The Kier molecular flexibility index (Phi) is 3.93. The van der Waals surface area contributed by atoms with Crippen molar-refractivity contribution >= 4 is 88.7 Å². The zero-order chi connectivity index (χ0) is 16.1. The predicted molar refractivity (Wildman–Crippen MR) is 108 cm³/mol. The number of nitrogens with zero attached hydrogens (tertiary/aromatic N) is 2. The first-order valence-corrected chi connectivity index (χ1v) is 10.4. The van der Waals surface area contributed by atoms with Gasteiger partial charge >= 0.3 is 0 Å². The highest BCUT2D eigenvalue weighted by Gasteiger charge is 2.23. The molecule has 4 aromatic rings. The number of rotatable bonds is 2. The van der Waals surface area contributed by atoms with Gasteiger partial charge in [0.05, 0.1) is 30.7 Å². The van der Waals surface area contributed by atoms with Gasteiger partial charge in [-0.05, 0) is 56.1 Å². The molecule has 116 valence electrons. The summed E-state index contributed by atoms with van der Waals surface area (Å²) in [5, 5.41) is 0. The number of halogens is 2. The van der Waals surface area contributed by atoms with Gasteiger partial charge in [-0.2, -0.15) is 8.75 Å². The molecule has 4 N–H and O–H groups in total. The van der Waals surface area contributed by atoms with Crippen molar-refractivity contribution in [2.75, 3.05) is 11.5 Å². The number of nitrogens with two attached hydrogens (primary N) is 2. The third kappa shape index (κ3) is 2.51. The molecule has 23 heavy (non-hydrogen) atoms. The summed E-state index contributed by atoms with van der Waals surface area (Å²) in [4.78, 5) is 2.05. The highest BCUT2D eigenvalue weighted by Crippen LogP contribution is 2.48. The normalized spacial score (nSPS) is 11.4. The molecule has 3 heterocycles. The number of hydrogen-bond donors (Lipinski definition) is 2. The maximum atomic E-state index is 6.39. The molecule has 0 atom stereocenters. The van der Waals surface area contributed by atoms with E-state index in [0.29, 0.717) is 11.4 Å². The van der Waals surface area contributed by atoms with E-state index >= 15 is 0 Å². The van der Waals surface area contributed by atoms with E-state index in [-0.39, 0.29) is 0 Å². The van der Waals surface area contributed by atoms with Gasteiger partial charge in [0.1, 0.15) is 11.0 Å². The first-order chi connectivity index (χ1) is 11.1. The number of thiophene rings is 2. The minimum absolute atomic E-state index is 0.555. The van der Waals surface area contributed by atoms with Crippen LogP contribution in [-0.2, 0) is 0 Å². The van der Waals surface area contributed by atoms with Gasteiger partial charge in [-0.25, -0.2) is 0 Å². The van der Waals surface area contributed by atoms with Gasteiger partial charge < -0.3 is 11.5 Å². The second-order valence-corrected chi connectivity index (χ2v) is 10.2. The average Bonchev–Trinajstić information content (AvgIpc) is 3.23. The third-order valence-corrected chi connectivity index (χ3v) is 7.24. The largest absolute Gasteiger partial charge is 0.396 e. The molecule has 0 unspecified atom stereocenters. The lowest BCUT2D eigenvalue weighted by molar-refractivity contribution is 1.62. The lowest BCUT2D eigenvalue weighted by Gasteiger charge is -2.12. The topological polar surface area (TPSA) is 77.8 Å². The standard InChI is InChI=1S/C14H8Br2N4S3/c15-7-3-1-5(21-7)9-11(17)12(18)10(6-2-4-8(16)22-6)14-13(9)19-23-20-14/h1-4H,17-18H2. The van der Waals surface area contributed by atoms with E-state index in [4.69, 9.17) is 11.5 Å². The molecule has 0 aliphatic carbocycles. The molecule has 0 radical (unpaired) electrons. The quantitative estimate of drug-likeness (QED) is 0.348. The lowest BCUT2D eigenvalue weighted by Crippen LogP contribution is -2.00. The van der Waals surface area contributed by atoms with Crippen LogP contribution in [0.15, 0.2) is 31.8 Å². The SMILES string of the molecule is Nc1c(N)c(-c2ccc(Br)s2)c2nsnc2c1-c1ccc(Br)s1. The zero-order valence-corrected chi connectivity index (χ0v) is 17.0. The fourth-order valence-electron chi connectivity index (χ4n) is 2.44. The van der Waals surface area contributed by atoms with E-state index < -0.39 is 0 Å². The number of hydrogen-bond acceptors (Lipinski definition) is 7. The summed E-state index contributed by atoms with van der Waals surface area (Å²) in [6, 6.07) is 8.01. The molecule has 0 fully saturated rings. The van der Waals surface area contributed by atoms with Crippen LogP contribution in [0.25, 0.3) is 31.9 Å². The Morgan fingerprint density at radius 3 is 1.52 bits per heavy atom. The Labute approximate surface area is 160 Å². The monoisotopic (exact) mass is 486 g/mol. The van der Waals surface area contributed by atoms with Crippen LogP contribution in [0.3, 0.4) is 0 Å². The summed E-state index contributed by atoms with van der Waals surface area (Å²) in [7, 11) is 0. The second kappa shape index (κ2) is 5.82. The fourth-order valence-corrected chi connectivity index (χ4v) is 5.89. The number of fused-ring (bicyclic) bond motifs is 1. The molecule has 3 aromatic heterocycles. The minimum Gasteiger partial charge on any atom is -0.396 e. The van der Waals surface area contributed by atoms with Crippen LogP contribution in [-0.4, -0.2) is 8.75 Å². The summed E-state index contributed by atoms with van der Waals surface area (Å²) in [6.45, 7) is 0. The molecule has 0 saturated carbocycles. The molecule has 9 heteroatoms. The molecular formula is C14H8Br2N4S3. The van der Waals surface area contributed by atoms with E-state index in [1.54, 1.807) is 22.7 Å². The zero-order valence-electron chi connectivity index (χ0n) is 11.3. The van der Waals surface area contributed by atoms with E-state index in [9.17, 15) is 0 Å². The van der Waals surface area contributed by atoms with Gasteiger partial charge in [0.2, 0.25) is 0 Å². The van der Waals surface area contributed by atoms with Crippen molar-refractivity contribution < 1.29 is 0 Å². The van der Waals surface area contributed by atoms with Gasteiger partial charge in [-0.15, -0.1) is 22.7 Å². The average molecular weight is 488 g/mol. The van der Waals surface area contributed by atoms with Crippen LogP contribution in [0.2, 0.25) is 0 Å². The molecule has 0 bridgehead atoms. The first kappa shape index (κ1) is 15.5. The van der Waals surface area contributed by atoms with Crippen molar-refractivity contribution in [3.63, 3.8) is 0 Å². The Morgan fingerprint density at radius 2 is 1.17 bits per heavy atom. The smallest absolute Gasteiger partial charge is 0.116 e. The van der Waals surface area contributed by atoms with Crippen molar-refractivity contribution in [3.05, 3.63) is 31.8 Å². The van der Waals surface area contributed by atoms with Crippen LogP contribution in [0.5, 0.6) is 0 Å². The van der Waals surface area contributed by atoms with Crippen LogP contribution in [0.1, 0.15) is 0 Å². The second-order valence-electron chi connectivity index (χ2n) is 4.75. The Bertz CT molecular complexity index is 954. The van der Waals surface area contributed by atoms with Crippen molar-refractivity contribution in [1.29, 1.82) is 0 Å². The summed E-state index contributed by atoms with van der Waals surface area (Å²) in [6.07, 6.45) is 0. The Balaban J connectivity index is 2.09. The van der Waals surface area contributed by atoms with Crippen molar-refractivity contribution in [2.45, 2.75) is 0 Å². The van der Waals surface area contributed by atoms with E-state index in [2.05, 4.69) is 40.6 Å². The lowest BCUT2D eigenvalue weighted by atomic mass is 10.0. The molecule has 4 nitrogen and oxygen atoms in total. The molecular weight excluding hydrogens is 480 g/mol. The number of nitrogen functional groups attached to an aromatic ring is 2. The number of aromatic nitrogens is 2. The van der Waals surface area contributed by atoms with Crippen LogP contribution in [0, 0.1) is 0 Å². The van der Waals surface area contributed by atoms with Crippen molar-refractivity contribution in [1.82, 2.24) is 8.75 Å². The number of anilines is 2. The summed E-state index contributed by atoms with van der Waals surface area (Å²) in [5.41, 5.74) is 17.2. The van der Waals surface area contributed by atoms with E-state index in [0.717, 1.165) is 39.5 Å². The highest BCUT2D eigenvalue weighted by atomic mass is 79.9. The predicted octanol–water partition coefficient (Wildman–Crippen LogP) is 5.84. The van der Waals surface area contributed by atoms with Crippen molar-refractivity contribution in [3.8, 4) is 20.9 Å². The summed E-state index contributed by atoms with van der Waals surface area (Å²) >= 11 is 11.4. The van der Waals surface area contributed by atoms with Crippen LogP contribution in [0.4, 0.5) is 11.4 Å². The Morgan fingerprint density at radius 1 is 0.739 bits per heavy atom. The molecule has 0 saturated heterocycles. The first-order valence-electron chi connectivity index (χ1n) is 6.41. The van der Waals surface area contributed by atoms with Crippen molar-refractivity contribution in [2.24, 2.45) is 0 Å². The van der Waals surface area contributed by atoms with Gasteiger partial charge in [0, 0.05) is 20.9 Å². The number of benzene rings is 1. The highest BCUT2D eigenvalue weighted by molar-refractivity contribution is 9.11. The minimum atomic E-state index is 0.555. The van der Waals surface area contributed by atoms with E-state index in [1.807, 2.05) is 24.3 Å². The molecule has 0 aliphatic heterocycles. The van der Waals surface area contributed by atoms with Gasteiger partial charge in [0.25, 0.3) is 0 Å². The third-order valence-electron chi connectivity index (χ3n) is 3.43. The maximum absolute atomic E-state index is 6.39. The summed E-state index contributed by atoms with van der Waals surface area (Å²) in [5.74, 6) is 0. The van der Waals surface area contributed by atoms with Crippen LogP contribution < -0.4 is 11.5 Å². The Hall–Kier alpha value is -1.000. The molecule has 0 aliphatic rings. The van der Waals surface area contributed by atoms with Gasteiger partial charge in [-0.3, -0.25) is 0 Å². The fraction of sp³-hybridized carbons (Fsp3) is 0. The van der Waals surface area contributed by atoms with E-state index in [1.165, 1.54) is 11.7 Å². The van der Waals surface area contributed by atoms with Gasteiger partial charge in [0.15, 0.2) is 0 Å². The molecule has 0 amide bonds. The summed E-state index contributed by atoms with van der Waals surface area (Å²) < 4.78 is 11.0.